The summed E-state index contributed by atoms with van der Waals surface area (Å²) >= 11 is 1.78. The minimum atomic E-state index is -0.713. The van der Waals surface area contributed by atoms with Crippen LogP contribution in [-0.2, 0) is 20.7 Å². The fourth-order valence-corrected chi connectivity index (χ4v) is 3.48. The molecule has 0 atom stereocenters. The molecule has 0 saturated heterocycles. The van der Waals surface area contributed by atoms with Crippen molar-refractivity contribution in [2.45, 2.75) is 63.5 Å². The molecule has 1 heterocycles. The first-order valence-electron chi connectivity index (χ1n) is 7.81. The van der Waals surface area contributed by atoms with E-state index in [1.54, 1.807) is 11.8 Å². The molecule has 0 amide bonds. The lowest BCUT2D eigenvalue weighted by Gasteiger charge is -2.31. The van der Waals surface area contributed by atoms with Crippen LogP contribution in [0.2, 0.25) is 0 Å². The molecule has 0 spiro atoms. The number of hydrogen-bond donors (Lipinski definition) is 0. The quantitative estimate of drug-likeness (QED) is 0.567. The summed E-state index contributed by atoms with van der Waals surface area (Å²) in [6.45, 7) is 4.36. The third-order valence-corrected chi connectivity index (χ3v) is 4.99. The van der Waals surface area contributed by atoms with Gasteiger partial charge in [-0.25, -0.2) is 0 Å². The maximum Gasteiger partial charge on any atom is 0.321 e. The van der Waals surface area contributed by atoms with E-state index in [1.807, 2.05) is 6.92 Å². The Labute approximate surface area is 130 Å². The van der Waals surface area contributed by atoms with Crippen molar-refractivity contribution in [2.75, 3.05) is 12.4 Å². The molecule has 1 saturated carbocycles. The summed E-state index contributed by atoms with van der Waals surface area (Å²) in [5.41, 5.74) is -0.713. The normalized spacial score (nSPS) is 17.6. The largest absolute Gasteiger partial charge is 0.465 e. The van der Waals surface area contributed by atoms with Crippen molar-refractivity contribution >= 4 is 17.7 Å². The summed E-state index contributed by atoms with van der Waals surface area (Å²) in [4.78, 5) is 16.9. The van der Waals surface area contributed by atoms with Gasteiger partial charge in [-0.1, -0.05) is 31.3 Å². The zero-order valence-electron chi connectivity index (χ0n) is 12.9. The third-order valence-electron chi connectivity index (χ3n) is 3.83. The summed E-state index contributed by atoms with van der Waals surface area (Å²) in [5.74, 6) is 2.73. The molecule has 0 aliphatic heterocycles. The molecule has 118 valence electrons. The second kappa shape index (κ2) is 7.82. The van der Waals surface area contributed by atoms with E-state index in [-0.39, 0.29) is 5.97 Å². The SMILES string of the molecule is CCCSCc1noc(C2(C(=O)OCC)CCCCC2)n1. The number of hydrogen-bond acceptors (Lipinski definition) is 6. The number of aromatic nitrogens is 2. The van der Waals surface area contributed by atoms with Crippen molar-refractivity contribution < 1.29 is 14.1 Å². The molecule has 6 heteroatoms. The number of carbonyl (C=O) groups is 1. The number of rotatable bonds is 7. The van der Waals surface area contributed by atoms with Gasteiger partial charge < -0.3 is 9.26 Å². The Balaban J connectivity index is 2.15. The van der Waals surface area contributed by atoms with Gasteiger partial charge in [0.05, 0.1) is 12.4 Å². The molecule has 0 bridgehead atoms. The number of nitrogens with zero attached hydrogens (tertiary/aromatic N) is 2. The van der Waals surface area contributed by atoms with Crippen LogP contribution in [-0.4, -0.2) is 28.5 Å². The molecule has 1 fully saturated rings. The molecule has 1 aromatic heterocycles. The van der Waals surface area contributed by atoms with Gasteiger partial charge in [0.25, 0.3) is 0 Å². The maximum atomic E-state index is 12.4. The Hall–Kier alpha value is -1.04. The van der Waals surface area contributed by atoms with E-state index in [0.717, 1.165) is 50.0 Å². The molecule has 0 N–H and O–H groups in total. The molecule has 1 aromatic rings. The van der Waals surface area contributed by atoms with Crippen molar-refractivity contribution in [1.82, 2.24) is 10.1 Å². The predicted molar refractivity (Wildman–Crippen MR) is 82.1 cm³/mol. The molecule has 1 aliphatic rings. The van der Waals surface area contributed by atoms with Crippen LogP contribution in [0.4, 0.5) is 0 Å². The Morgan fingerprint density at radius 2 is 2.10 bits per heavy atom. The molecule has 2 rings (SSSR count). The second-order valence-corrected chi connectivity index (χ2v) is 6.54. The Morgan fingerprint density at radius 1 is 1.33 bits per heavy atom. The lowest BCUT2D eigenvalue weighted by atomic mass is 9.74. The number of thioether (sulfide) groups is 1. The molecule has 0 unspecified atom stereocenters. The number of ether oxygens (including phenoxy) is 1. The van der Waals surface area contributed by atoms with Crippen molar-refractivity contribution in [3.05, 3.63) is 11.7 Å². The molecule has 1 aliphatic carbocycles. The molecule has 0 aromatic carbocycles. The van der Waals surface area contributed by atoms with Gasteiger partial charge in [-0.3, -0.25) is 4.79 Å². The minimum absolute atomic E-state index is 0.207. The summed E-state index contributed by atoms with van der Waals surface area (Å²) in [6.07, 6.45) is 5.77. The van der Waals surface area contributed by atoms with E-state index in [9.17, 15) is 4.79 Å². The highest BCUT2D eigenvalue weighted by atomic mass is 32.2. The zero-order valence-corrected chi connectivity index (χ0v) is 13.7. The molecule has 5 nitrogen and oxygen atoms in total. The van der Waals surface area contributed by atoms with Crippen molar-refractivity contribution in [3.63, 3.8) is 0 Å². The highest BCUT2D eigenvalue weighted by Crippen LogP contribution is 2.40. The monoisotopic (exact) mass is 312 g/mol. The van der Waals surface area contributed by atoms with Crippen LogP contribution in [0.3, 0.4) is 0 Å². The Bertz CT molecular complexity index is 456. The first-order chi connectivity index (χ1) is 10.2. The van der Waals surface area contributed by atoms with Crippen LogP contribution in [0, 0.1) is 0 Å². The van der Waals surface area contributed by atoms with Gasteiger partial charge in [-0.15, -0.1) is 0 Å². The van der Waals surface area contributed by atoms with Crippen LogP contribution in [0.25, 0.3) is 0 Å². The van der Waals surface area contributed by atoms with Crippen LogP contribution in [0.15, 0.2) is 4.52 Å². The van der Waals surface area contributed by atoms with Crippen LogP contribution in [0.1, 0.15) is 64.1 Å². The molecular weight excluding hydrogens is 288 g/mol. The molecular formula is C15H24N2O3S. The topological polar surface area (TPSA) is 65.2 Å². The lowest BCUT2D eigenvalue weighted by molar-refractivity contribution is -0.152. The van der Waals surface area contributed by atoms with Crippen LogP contribution >= 0.6 is 11.8 Å². The van der Waals surface area contributed by atoms with Gasteiger partial charge in [-0.05, 0) is 31.9 Å². The molecule has 0 radical (unpaired) electrons. The van der Waals surface area contributed by atoms with Crippen molar-refractivity contribution in [3.8, 4) is 0 Å². The highest BCUT2D eigenvalue weighted by Gasteiger charge is 2.47. The Kier molecular flexibility index (Phi) is 6.08. The zero-order chi connectivity index (χ0) is 15.1. The second-order valence-electron chi connectivity index (χ2n) is 5.43. The summed E-state index contributed by atoms with van der Waals surface area (Å²) in [7, 11) is 0. The summed E-state index contributed by atoms with van der Waals surface area (Å²) < 4.78 is 10.7. The lowest BCUT2D eigenvalue weighted by Crippen LogP contribution is -2.39. The average Bonchev–Trinajstić information content (AvgIpc) is 2.98. The van der Waals surface area contributed by atoms with E-state index in [2.05, 4.69) is 17.1 Å². The van der Waals surface area contributed by atoms with Crippen LogP contribution < -0.4 is 0 Å². The number of carbonyl (C=O) groups excluding carboxylic acids is 1. The van der Waals surface area contributed by atoms with Gasteiger partial charge >= 0.3 is 5.97 Å². The maximum absolute atomic E-state index is 12.4. The first kappa shape index (κ1) is 16.3. The standard InChI is InChI=1S/C15H24N2O3S/c1-3-10-21-11-12-16-13(20-17-12)15(14(18)19-4-2)8-6-5-7-9-15/h3-11H2,1-2H3. The van der Waals surface area contributed by atoms with Gasteiger partial charge in [0.1, 0.15) is 5.41 Å². The van der Waals surface area contributed by atoms with E-state index in [1.165, 1.54) is 0 Å². The van der Waals surface area contributed by atoms with E-state index in [4.69, 9.17) is 9.26 Å². The smallest absolute Gasteiger partial charge is 0.321 e. The first-order valence-corrected chi connectivity index (χ1v) is 8.96. The van der Waals surface area contributed by atoms with Gasteiger partial charge in [0.2, 0.25) is 5.89 Å². The third kappa shape index (κ3) is 3.78. The fourth-order valence-electron chi connectivity index (χ4n) is 2.74. The number of esters is 1. The summed E-state index contributed by atoms with van der Waals surface area (Å²) in [5, 5.41) is 4.04. The van der Waals surface area contributed by atoms with E-state index in [0.29, 0.717) is 18.3 Å². The van der Waals surface area contributed by atoms with Gasteiger partial charge in [0.15, 0.2) is 5.82 Å². The van der Waals surface area contributed by atoms with E-state index >= 15 is 0 Å². The van der Waals surface area contributed by atoms with Crippen LogP contribution in [0.5, 0.6) is 0 Å². The van der Waals surface area contributed by atoms with Gasteiger partial charge in [-0.2, -0.15) is 16.7 Å². The highest BCUT2D eigenvalue weighted by molar-refractivity contribution is 7.98. The summed E-state index contributed by atoms with van der Waals surface area (Å²) in [6, 6.07) is 0. The van der Waals surface area contributed by atoms with E-state index < -0.39 is 5.41 Å². The molecule has 21 heavy (non-hydrogen) atoms. The Morgan fingerprint density at radius 3 is 2.76 bits per heavy atom. The van der Waals surface area contributed by atoms with Crippen molar-refractivity contribution in [2.24, 2.45) is 0 Å². The van der Waals surface area contributed by atoms with Gasteiger partial charge in [0, 0.05) is 0 Å². The average molecular weight is 312 g/mol. The fraction of sp³-hybridized carbons (Fsp3) is 0.800. The van der Waals surface area contributed by atoms with Crippen molar-refractivity contribution in [1.29, 1.82) is 0 Å². The minimum Gasteiger partial charge on any atom is -0.465 e. The predicted octanol–water partition coefficient (Wildman–Crippen LogP) is 3.48.